The van der Waals surface area contributed by atoms with Crippen molar-refractivity contribution in [2.75, 3.05) is 6.61 Å². The predicted octanol–water partition coefficient (Wildman–Crippen LogP) is 1.76. The molecule has 0 radical (unpaired) electrons. The number of rotatable bonds is 6. The van der Waals surface area contributed by atoms with Gasteiger partial charge >= 0.3 is 23.3 Å². The van der Waals surface area contributed by atoms with E-state index in [4.69, 9.17) is 33.3 Å². The molecule has 0 aliphatic rings. The zero-order chi connectivity index (χ0) is 21.9. The quantitative estimate of drug-likeness (QED) is 0.497. The largest absolute Gasteiger partial charge is 0.466 e. The summed E-state index contributed by atoms with van der Waals surface area (Å²) in [7, 11) is 2.87. The van der Waals surface area contributed by atoms with Gasteiger partial charge in [0.25, 0.3) is 0 Å². The minimum Gasteiger partial charge on any atom is -0.466 e. The van der Waals surface area contributed by atoms with E-state index in [2.05, 4.69) is 0 Å². The summed E-state index contributed by atoms with van der Waals surface area (Å²) in [6, 6.07) is 4.07. The SMILES string of the molecule is CCOC(=O)CC(C)OC(=O)c1cc(-n2c(=O)n(C)c(=S)n(C)c2=O)ccc1Cl. The van der Waals surface area contributed by atoms with Crippen molar-refractivity contribution in [2.45, 2.75) is 26.4 Å². The fraction of sp³-hybridized carbons (Fsp3) is 0.389. The fourth-order valence-electron chi connectivity index (χ4n) is 2.54. The first kappa shape index (κ1) is 22.6. The summed E-state index contributed by atoms with van der Waals surface area (Å²) in [6.45, 7) is 3.43. The Hall–Kier alpha value is -2.72. The summed E-state index contributed by atoms with van der Waals surface area (Å²) < 4.78 is 13.2. The predicted molar refractivity (Wildman–Crippen MR) is 108 cm³/mol. The molecule has 0 fully saturated rings. The van der Waals surface area contributed by atoms with E-state index in [1.54, 1.807) is 6.92 Å². The molecule has 2 aromatic rings. The van der Waals surface area contributed by atoms with E-state index in [-0.39, 0.29) is 34.1 Å². The molecule has 1 atom stereocenters. The molecule has 2 rings (SSSR count). The number of nitrogens with zero attached hydrogens (tertiary/aromatic N) is 3. The van der Waals surface area contributed by atoms with E-state index in [0.29, 0.717) is 0 Å². The van der Waals surface area contributed by atoms with Crippen LogP contribution in [0, 0.1) is 4.77 Å². The fourth-order valence-corrected chi connectivity index (χ4v) is 2.89. The molecule has 156 valence electrons. The van der Waals surface area contributed by atoms with Gasteiger partial charge in [-0.3, -0.25) is 13.9 Å². The molecular formula is C18H20ClN3O6S. The van der Waals surface area contributed by atoms with Crippen molar-refractivity contribution in [3.63, 3.8) is 0 Å². The van der Waals surface area contributed by atoms with Crippen LogP contribution in [0.3, 0.4) is 0 Å². The number of carbonyl (C=O) groups excluding carboxylic acids is 2. The van der Waals surface area contributed by atoms with Crippen molar-refractivity contribution >= 4 is 35.8 Å². The maximum absolute atomic E-state index is 12.5. The molecule has 29 heavy (non-hydrogen) atoms. The lowest BCUT2D eigenvalue weighted by Gasteiger charge is -2.15. The van der Waals surface area contributed by atoms with Crippen molar-refractivity contribution in [1.29, 1.82) is 0 Å². The van der Waals surface area contributed by atoms with E-state index in [1.807, 2.05) is 0 Å². The molecule has 11 heteroatoms. The lowest BCUT2D eigenvalue weighted by atomic mass is 10.2. The van der Waals surface area contributed by atoms with Gasteiger partial charge in [0, 0.05) is 14.1 Å². The number of hydrogen-bond donors (Lipinski definition) is 0. The monoisotopic (exact) mass is 441 g/mol. The van der Waals surface area contributed by atoms with Crippen LogP contribution in [-0.4, -0.2) is 38.4 Å². The maximum Gasteiger partial charge on any atom is 0.340 e. The van der Waals surface area contributed by atoms with Crippen molar-refractivity contribution in [3.05, 3.63) is 54.5 Å². The second-order valence-electron chi connectivity index (χ2n) is 6.19. The number of ether oxygens (including phenoxy) is 2. The average molecular weight is 442 g/mol. The number of aromatic nitrogens is 3. The number of hydrogen-bond acceptors (Lipinski definition) is 7. The number of esters is 2. The highest BCUT2D eigenvalue weighted by atomic mass is 35.5. The molecule has 0 aliphatic heterocycles. The minimum absolute atomic E-state index is 0.0534. The van der Waals surface area contributed by atoms with Gasteiger partial charge in [0.2, 0.25) is 0 Å². The third-order valence-corrected chi connectivity index (χ3v) is 4.90. The van der Waals surface area contributed by atoms with Gasteiger partial charge in [0.1, 0.15) is 6.10 Å². The van der Waals surface area contributed by atoms with Gasteiger partial charge < -0.3 is 9.47 Å². The zero-order valence-corrected chi connectivity index (χ0v) is 17.9. The molecule has 1 unspecified atom stereocenters. The lowest BCUT2D eigenvalue weighted by Crippen LogP contribution is -2.43. The van der Waals surface area contributed by atoms with Gasteiger partial charge in [-0.1, -0.05) is 11.6 Å². The van der Waals surface area contributed by atoms with Crippen molar-refractivity contribution in [3.8, 4) is 5.69 Å². The first-order valence-electron chi connectivity index (χ1n) is 8.64. The van der Waals surface area contributed by atoms with Crippen LogP contribution in [-0.2, 0) is 28.4 Å². The Morgan fingerprint density at radius 1 is 1.17 bits per heavy atom. The van der Waals surface area contributed by atoms with Crippen LogP contribution in [0.1, 0.15) is 30.6 Å². The average Bonchev–Trinajstić information content (AvgIpc) is 2.66. The van der Waals surface area contributed by atoms with E-state index >= 15 is 0 Å². The Balaban J connectivity index is 2.43. The normalized spacial score (nSPS) is 11.8. The molecule has 1 heterocycles. The van der Waals surface area contributed by atoms with Crippen LogP contribution in [0.15, 0.2) is 27.8 Å². The van der Waals surface area contributed by atoms with Gasteiger partial charge in [-0.2, -0.15) is 0 Å². The summed E-state index contributed by atoms with van der Waals surface area (Å²) in [5, 5.41) is 0.0659. The number of carbonyl (C=O) groups is 2. The standard InChI is InChI=1S/C18H20ClN3O6S/c1-5-27-14(23)8-10(2)28-15(24)12-9-11(6-7-13(12)19)22-16(25)20(3)18(29)21(4)17(22)26/h6-7,9-10H,5,8H2,1-4H3. The molecule has 1 aromatic carbocycles. The molecule has 0 bridgehead atoms. The Bertz CT molecular complexity index is 1090. The summed E-state index contributed by atoms with van der Waals surface area (Å²) >= 11 is 11.1. The molecule has 0 amide bonds. The Kier molecular flexibility index (Phi) is 7.15. The first-order chi connectivity index (χ1) is 13.6. The smallest absolute Gasteiger partial charge is 0.340 e. The van der Waals surface area contributed by atoms with Crippen LogP contribution in [0.2, 0.25) is 5.02 Å². The van der Waals surface area contributed by atoms with Crippen LogP contribution in [0.25, 0.3) is 5.69 Å². The molecule has 0 N–H and O–H groups in total. The topological polar surface area (TPSA) is 102 Å². The molecule has 0 saturated carbocycles. The summed E-state index contributed by atoms with van der Waals surface area (Å²) in [4.78, 5) is 49.1. The second kappa shape index (κ2) is 9.19. The lowest BCUT2D eigenvalue weighted by molar-refractivity contribution is -0.145. The maximum atomic E-state index is 12.5. The Morgan fingerprint density at radius 3 is 2.31 bits per heavy atom. The zero-order valence-electron chi connectivity index (χ0n) is 16.3. The van der Waals surface area contributed by atoms with Crippen molar-refractivity contribution < 1.29 is 19.1 Å². The second-order valence-corrected chi connectivity index (χ2v) is 6.96. The first-order valence-corrected chi connectivity index (χ1v) is 9.42. The Labute approximate surface area is 176 Å². The molecular weight excluding hydrogens is 422 g/mol. The highest BCUT2D eigenvalue weighted by Gasteiger charge is 2.20. The summed E-state index contributed by atoms with van der Waals surface area (Å²) in [5.41, 5.74) is -1.28. The van der Waals surface area contributed by atoms with Crippen LogP contribution >= 0.6 is 23.8 Å². The number of halogens is 1. The molecule has 0 aliphatic carbocycles. The van der Waals surface area contributed by atoms with E-state index < -0.39 is 29.4 Å². The highest BCUT2D eigenvalue weighted by Crippen LogP contribution is 2.21. The van der Waals surface area contributed by atoms with Crippen molar-refractivity contribution in [2.24, 2.45) is 14.1 Å². The van der Waals surface area contributed by atoms with Gasteiger partial charge in [-0.05, 0) is 44.3 Å². The molecule has 0 saturated heterocycles. The summed E-state index contributed by atoms with van der Waals surface area (Å²) in [6.07, 6.45) is -0.873. The van der Waals surface area contributed by atoms with E-state index in [0.717, 1.165) is 13.7 Å². The van der Waals surface area contributed by atoms with Crippen molar-refractivity contribution in [1.82, 2.24) is 13.7 Å². The summed E-state index contributed by atoms with van der Waals surface area (Å²) in [5.74, 6) is -1.30. The van der Waals surface area contributed by atoms with Crippen LogP contribution < -0.4 is 11.4 Å². The van der Waals surface area contributed by atoms with Gasteiger partial charge in [0.15, 0.2) is 4.77 Å². The van der Waals surface area contributed by atoms with E-state index in [9.17, 15) is 19.2 Å². The Morgan fingerprint density at radius 2 is 1.76 bits per heavy atom. The van der Waals surface area contributed by atoms with Gasteiger partial charge in [-0.15, -0.1) is 0 Å². The third kappa shape index (κ3) is 4.83. The molecule has 9 nitrogen and oxygen atoms in total. The van der Waals surface area contributed by atoms with Gasteiger partial charge in [-0.25, -0.2) is 19.0 Å². The highest BCUT2D eigenvalue weighted by molar-refractivity contribution is 7.71. The van der Waals surface area contributed by atoms with Crippen LogP contribution in [0.4, 0.5) is 0 Å². The number of benzene rings is 1. The molecule has 0 spiro atoms. The van der Waals surface area contributed by atoms with Gasteiger partial charge in [0.05, 0.1) is 29.3 Å². The molecule has 1 aromatic heterocycles. The third-order valence-electron chi connectivity index (χ3n) is 4.03. The minimum atomic E-state index is -0.803. The van der Waals surface area contributed by atoms with E-state index in [1.165, 1.54) is 39.2 Å². The van der Waals surface area contributed by atoms with Crippen LogP contribution in [0.5, 0.6) is 0 Å².